The number of benzene rings is 3. The summed E-state index contributed by atoms with van der Waals surface area (Å²) in [4.78, 5) is 28.2. The van der Waals surface area contributed by atoms with Crippen molar-refractivity contribution in [1.29, 1.82) is 0 Å². The maximum absolute atomic E-state index is 13.4. The van der Waals surface area contributed by atoms with Gasteiger partial charge in [-0.1, -0.05) is 91.0 Å². The van der Waals surface area contributed by atoms with Gasteiger partial charge in [0.2, 0.25) is 5.91 Å². The highest BCUT2D eigenvalue weighted by Crippen LogP contribution is 2.47. The molecule has 0 aliphatic carbocycles. The Morgan fingerprint density at radius 2 is 1.21 bits per heavy atom. The van der Waals surface area contributed by atoms with Gasteiger partial charge in [-0.05, 0) is 16.7 Å². The van der Waals surface area contributed by atoms with Crippen LogP contribution >= 0.6 is 0 Å². The van der Waals surface area contributed by atoms with Crippen molar-refractivity contribution in [3.8, 4) is 0 Å². The van der Waals surface area contributed by atoms with Crippen molar-refractivity contribution in [3.63, 3.8) is 0 Å². The summed E-state index contributed by atoms with van der Waals surface area (Å²) in [7, 11) is 0. The second-order valence-corrected chi connectivity index (χ2v) is 7.27. The maximum atomic E-state index is 13.4. The monoisotopic (exact) mass is 369 g/mol. The smallest absolute Gasteiger partial charge is 0.220 e. The Kier molecular flexibility index (Phi) is 5.07. The third kappa shape index (κ3) is 3.36. The lowest BCUT2D eigenvalue weighted by molar-refractivity contribution is -0.142. The molecule has 1 saturated heterocycles. The normalized spacial score (nSPS) is 22.1. The van der Waals surface area contributed by atoms with E-state index in [1.807, 2.05) is 95.9 Å². The van der Waals surface area contributed by atoms with Gasteiger partial charge in [-0.3, -0.25) is 9.59 Å². The molecule has 1 heterocycles. The van der Waals surface area contributed by atoms with Gasteiger partial charge < -0.3 is 4.90 Å². The van der Waals surface area contributed by atoms with Gasteiger partial charge in [-0.25, -0.2) is 0 Å². The van der Waals surface area contributed by atoms with Crippen LogP contribution in [0.15, 0.2) is 91.0 Å². The van der Waals surface area contributed by atoms with Crippen molar-refractivity contribution in [1.82, 2.24) is 4.90 Å². The third-order valence-corrected chi connectivity index (χ3v) is 5.54. The van der Waals surface area contributed by atoms with Crippen LogP contribution in [0.2, 0.25) is 0 Å². The second-order valence-electron chi connectivity index (χ2n) is 7.27. The van der Waals surface area contributed by atoms with Crippen LogP contribution in [0.3, 0.4) is 0 Å². The molecule has 1 aliphatic rings. The van der Waals surface area contributed by atoms with Gasteiger partial charge in [-0.2, -0.15) is 0 Å². The van der Waals surface area contributed by atoms with E-state index < -0.39 is 0 Å². The fourth-order valence-electron chi connectivity index (χ4n) is 4.35. The van der Waals surface area contributed by atoms with Crippen molar-refractivity contribution in [2.45, 2.75) is 31.3 Å². The zero-order chi connectivity index (χ0) is 19.5. The lowest BCUT2D eigenvalue weighted by Crippen LogP contribution is -2.46. The van der Waals surface area contributed by atoms with Gasteiger partial charge in [0, 0.05) is 13.3 Å². The van der Waals surface area contributed by atoms with E-state index in [-0.39, 0.29) is 29.7 Å². The van der Waals surface area contributed by atoms with Gasteiger partial charge in [0.1, 0.15) is 5.78 Å². The Hall–Kier alpha value is -3.20. The molecule has 0 aromatic heterocycles. The quantitative estimate of drug-likeness (QED) is 0.646. The fourth-order valence-corrected chi connectivity index (χ4v) is 4.35. The molecule has 3 aromatic rings. The molecule has 0 unspecified atom stereocenters. The van der Waals surface area contributed by atoms with Gasteiger partial charge in [0.25, 0.3) is 0 Å². The van der Waals surface area contributed by atoms with Crippen LogP contribution in [0.25, 0.3) is 0 Å². The summed E-state index contributed by atoms with van der Waals surface area (Å²) >= 11 is 0. The predicted octanol–water partition coefficient (Wildman–Crippen LogP) is 5.07. The SMILES string of the molecule is CC(=O)N1[C@@H](c2ccccc2)CC(=O)[C@H](c2ccccc2)[C@@H]1c1ccccc1. The van der Waals surface area contributed by atoms with E-state index in [0.29, 0.717) is 6.42 Å². The molecule has 3 atom stereocenters. The first-order chi connectivity index (χ1) is 13.7. The van der Waals surface area contributed by atoms with Crippen LogP contribution in [-0.2, 0) is 9.59 Å². The minimum atomic E-state index is -0.368. The van der Waals surface area contributed by atoms with Gasteiger partial charge in [-0.15, -0.1) is 0 Å². The van der Waals surface area contributed by atoms with Crippen LogP contribution in [0.5, 0.6) is 0 Å². The molecule has 3 heteroatoms. The molecular weight excluding hydrogens is 346 g/mol. The number of carbonyl (C=O) groups excluding carboxylic acids is 2. The summed E-state index contributed by atoms with van der Waals surface area (Å²) in [5, 5.41) is 0. The van der Waals surface area contributed by atoms with Crippen LogP contribution in [0.4, 0.5) is 0 Å². The molecule has 3 nitrogen and oxygen atoms in total. The number of piperidine rings is 1. The lowest BCUT2D eigenvalue weighted by atomic mass is 9.75. The molecule has 0 spiro atoms. The Morgan fingerprint density at radius 3 is 1.71 bits per heavy atom. The molecule has 0 saturated carbocycles. The van der Waals surface area contributed by atoms with E-state index >= 15 is 0 Å². The van der Waals surface area contributed by atoms with E-state index in [9.17, 15) is 9.59 Å². The Balaban J connectivity index is 1.88. The number of hydrogen-bond acceptors (Lipinski definition) is 2. The number of rotatable bonds is 3. The van der Waals surface area contributed by atoms with Crippen LogP contribution in [0.1, 0.15) is 48.0 Å². The summed E-state index contributed by atoms with van der Waals surface area (Å²) in [5.41, 5.74) is 2.94. The average Bonchev–Trinajstić information content (AvgIpc) is 2.74. The molecular formula is C25H23NO2. The zero-order valence-electron chi connectivity index (χ0n) is 15.9. The number of amides is 1. The van der Waals surface area contributed by atoms with Crippen LogP contribution < -0.4 is 0 Å². The Bertz CT molecular complexity index is 954. The molecule has 140 valence electrons. The minimum Gasteiger partial charge on any atom is -0.327 e. The second kappa shape index (κ2) is 7.81. The highest BCUT2D eigenvalue weighted by molar-refractivity contribution is 5.90. The van der Waals surface area contributed by atoms with Gasteiger partial charge in [0.15, 0.2) is 0 Å². The van der Waals surface area contributed by atoms with E-state index in [0.717, 1.165) is 16.7 Å². The summed E-state index contributed by atoms with van der Waals surface area (Å²) in [6.45, 7) is 1.60. The van der Waals surface area contributed by atoms with E-state index in [1.165, 1.54) is 0 Å². The fraction of sp³-hybridized carbons (Fsp3) is 0.200. The molecule has 3 aromatic carbocycles. The van der Waals surface area contributed by atoms with Crippen molar-refractivity contribution >= 4 is 11.7 Å². The average molecular weight is 369 g/mol. The van der Waals surface area contributed by atoms with Crippen molar-refractivity contribution in [3.05, 3.63) is 108 Å². The number of likely N-dealkylation sites (tertiary alicyclic amines) is 1. The first-order valence-corrected chi connectivity index (χ1v) is 9.63. The summed E-state index contributed by atoms with van der Waals surface area (Å²) in [6, 6.07) is 29.0. The van der Waals surface area contributed by atoms with Gasteiger partial charge in [0.05, 0.1) is 18.0 Å². The van der Waals surface area contributed by atoms with Crippen molar-refractivity contribution in [2.75, 3.05) is 0 Å². The van der Waals surface area contributed by atoms with E-state index in [1.54, 1.807) is 6.92 Å². The van der Waals surface area contributed by atoms with E-state index in [2.05, 4.69) is 0 Å². The molecule has 1 fully saturated rings. The molecule has 1 amide bonds. The molecule has 0 radical (unpaired) electrons. The largest absolute Gasteiger partial charge is 0.327 e. The summed E-state index contributed by atoms with van der Waals surface area (Å²) in [6.07, 6.45) is 0.326. The van der Waals surface area contributed by atoms with Crippen LogP contribution in [0, 0.1) is 0 Å². The number of Topliss-reactive ketones (excluding diaryl/α,β-unsaturated/α-hetero) is 1. The third-order valence-electron chi connectivity index (χ3n) is 5.54. The minimum absolute atomic E-state index is 0.0175. The van der Waals surface area contributed by atoms with Crippen molar-refractivity contribution < 1.29 is 9.59 Å². The molecule has 0 bridgehead atoms. The summed E-state index contributed by atoms with van der Waals surface area (Å²) in [5.74, 6) is -0.213. The Labute approximate surface area is 165 Å². The Morgan fingerprint density at radius 1 is 0.750 bits per heavy atom. The highest BCUT2D eigenvalue weighted by atomic mass is 16.2. The molecule has 1 aliphatic heterocycles. The van der Waals surface area contributed by atoms with Crippen molar-refractivity contribution in [2.24, 2.45) is 0 Å². The standard InChI is InChI=1S/C25H23NO2/c1-18(27)26-22(19-11-5-2-6-12-19)17-23(28)24(20-13-7-3-8-14-20)25(26)21-15-9-4-10-16-21/h2-16,22,24-25H,17H2,1H3/t22-,24+,25+/m1/s1. The summed E-state index contributed by atoms with van der Waals surface area (Å²) < 4.78 is 0. The number of carbonyl (C=O) groups is 2. The topological polar surface area (TPSA) is 37.4 Å². The molecule has 0 N–H and O–H groups in total. The van der Waals surface area contributed by atoms with Gasteiger partial charge >= 0.3 is 0 Å². The first kappa shape index (κ1) is 18.2. The lowest BCUT2D eigenvalue weighted by Gasteiger charge is -2.46. The van der Waals surface area contributed by atoms with Crippen LogP contribution in [-0.4, -0.2) is 16.6 Å². The number of ketones is 1. The maximum Gasteiger partial charge on any atom is 0.220 e. The zero-order valence-corrected chi connectivity index (χ0v) is 15.9. The number of hydrogen-bond donors (Lipinski definition) is 0. The first-order valence-electron chi connectivity index (χ1n) is 9.63. The predicted molar refractivity (Wildman–Crippen MR) is 110 cm³/mol. The molecule has 28 heavy (non-hydrogen) atoms. The van der Waals surface area contributed by atoms with E-state index in [4.69, 9.17) is 0 Å². The number of nitrogens with zero attached hydrogens (tertiary/aromatic N) is 1. The molecule has 4 rings (SSSR count). The highest BCUT2D eigenvalue weighted by Gasteiger charge is 2.45.